The standard InChI is InChI=1S/C21H26F3N5O2/c22-21(23,24)17-3-1-16(2-4-17)18(28-5-9-30-10-6-28)14-25-19-13-20(27-15-26-19)29-7-11-31-12-8-29/h1-4,13,15,18H,5-12,14H2,(H,25,26,27). The summed E-state index contributed by atoms with van der Waals surface area (Å²) in [6.45, 7) is 6.03. The van der Waals surface area contributed by atoms with Gasteiger partial charge in [-0.15, -0.1) is 0 Å². The molecular formula is C21H26F3N5O2. The number of ether oxygens (including phenoxy) is 2. The van der Waals surface area contributed by atoms with E-state index in [1.165, 1.54) is 6.33 Å². The molecule has 0 saturated carbocycles. The van der Waals surface area contributed by atoms with E-state index >= 15 is 0 Å². The van der Waals surface area contributed by atoms with Crippen LogP contribution in [0.5, 0.6) is 0 Å². The summed E-state index contributed by atoms with van der Waals surface area (Å²) in [6, 6.07) is 7.20. The van der Waals surface area contributed by atoms with Gasteiger partial charge in [0.25, 0.3) is 0 Å². The van der Waals surface area contributed by atoms with Gasteiger partial charge in [0.15, 0.2) is 0 Å². The summed E-state index contributed by atoms with van der Waals surface area (Å²) >= 11 is 0. The van der Waals surface area contributed by atoms with Crippen molar-refractivity contribution in [1.82, 2.24) is 14.9 Å². The van der Waals surface area contributed by atoms with Gasteiger partial charge < -0.3 is 19.7 Å². The lowest BCUT2D eigenvalue weighted by molar-refractivity contribution is -0.137. The van der Waals surface area contributed by atoms with Gasteiger partial charge in [-0.05, 0) is 17.7 Å². The highest BCUT2D eigenvalue weighted by Crippen LogP contribution is 2.31. The minimum atomic E-state index is -4.35. The van der Waals surface area contributed by atoms with Crippen molar-refractivity contribution in [2.24, 2.45) is 0 Å². The molecular weight excluding hydrogens is 411 g/mol. The largest absolute Gasteiger partial charge is 0.416 e. The SMILES string of the molecule is FC(F)(F)c1ccc(C(CNc2cc(N3CCOCC3)ncn2)N2CCOCC2)cc1. The summed E-state index contributed by atoms with van der Waals surface area (Å²) in [4.78, 5) is 13.0. The van der Waals surface area contributed by atoms with Crippen LogP contribution >= 0.6 is 0 Å². The fraction of sp³-hybridized carbons (Fsp3) is 0.524. The molecule has 1 atom stereocenters. The number of nitrogens with one attached hydrogen (secondary N) is 1. The molecule has 2 aliphatic heterocycles. The van der Waals surface area contributed by atoms with Crippen molar-refractivity contribution in [3.05, 3.63) is 47.8 Å². The van der Waals surface area contributed by atoms with E-state index in [0.717, 1.165) is 49.7 Å². The van der Waals surface area contributed by atoms with Crippen LogP contribution in [-0.2, 0) is 15.7 Å². The van der Waals surface area contributed by atoms with Crippen molar-refractivity contribution < 1.29 is 22.6 Å². The Morgan fingerprint density at radius 2 is 1.58 bits per heavy atom. The Labute approximate surface area is 179 Å². The van der Waals surface area contributed by atoms with Crippen LogP contribution in [0, 0.1) is 0 Å². The predicted molar refractivity (Wildman–Crippen MR) is 110 cm³/mol. The molecule has 0 amide bonds. The number of morpholine rings is 2. The molecule has 2 aliphatic rings. The van der Waals surface area contributed by atoms with Gasteiger partial charge in [0, 0.05) is 38.8 Å². The van der Waals surface area contributed by atoms with Gasteiger partial charge in [0.2, 0.25) is 0 Å². The molecule has 7 nitrogen and oxygen atoms in total. The highest BCUT2D eigenvalue weighted by atomic mass is 19.4. The summed E-state index contributed by atoms with van der Waals surface area (Å²) < 4.78 is 49.7. The summed E-state index contributed by atoms with van der Waals surface area (Å²) in [6.07, 6.45) is -2.82. The Hall–Kier alpha value is -2.43. The van der Waals surface area contributed by atoms with E-state index < -0.39 is 11.7 Å². The van der Waals surface area contributed by atoms with Gasteiger partial charge in [0.1, 0.15) is 18.0 Å². The fourth-order valence-electron chi connectivity index (χ4n) is 3.85. The molecule has 31 heavy (non-hydrogen) atoms. The number of hydrogen-bond donors (Lipinski definition) is 1. The van der Waals surface area contributed by atoms with E-state index in [0.29, 0.717) is 38.8 Å². The minimum Gasteiger partial charge on any atom is -0.379 e. The molecule has 0 aliphatic carbocycles. The summed E-state index contributed by atoms with van der Waals surface area (Å²) in [7, 11) is 0. The second-order valence-electron chi connectivity index (χ2n) is 7.53. The quantitative estimate of drug-likeness (QED) is 0.746. The van der Waals surface area contributed by atoms with E-state index in [-0.39, 0.29) is 6.04 Å². The predicted octanol–water partition coefficient (Wildman–Crippen LogP) is 2.82. The molecule has 2 saturated heterocycles. The molecule has 0 bridgehead atoms. The lowest BCUT2D eigenvalue weighted by Crippen LogP contribution is -2.41. The Balaban J connectivity index is 1.49. The molecule has 0 spiro atoms. The fourth-order valence-corrected chi connectivity index (χ4v) is 3.85. The van der Waals surface area contributed by atoms with E-state index in [1.54, 1.807) is 12.1 Å². The zero-order chi connectivity index (χ0) is 21.7. The van der Waals surface area contributed by atoms with E-state index in [9.17, 15) is 13.2 Å². The van der Waals surface area contributed by atoms with Gasteiger partial charge in [-0.1, -0.05) is 12.1 Å². The normalized spacial score (nSPS) is 19.3. The summed E-state index contributed by atoms with van der Waals surface area (Å²) in [5.41, 5.74) is 0.181. The molecule has 4 rings (SSSR count). The first kappa shape index (κ1) is 21.8. The van der Waals surface area contributed by atoms with E-state index in [4.69, 9.17) is 9.47 Å². The number of aromatic nitrogens is 2. The summed E-state index contributed by atoms with van der Waals surface area (Å²) in [5.74, 6) is 1.51. The van der Waals surface area contributed by atoms with Crippen LogP contribution in [0.4, 0.5) is 24.8 Å². The molecule has 1 unspecified atom stereocenters. The third-order valence-corrected chi connectivity index (χ3v) is 5.57. The topological polar surface area (TPSA) is 62.8 Å². The lowest BCUT2D eigenvalue weighted by Gasteiger charge is -2.35. The average Bonchev–Trinajstić information content (AvgIpc) is 2.80. The number of anilines is 2. The van der Waals surface area contributed by atoms with Gasteiger partial charge in [0.05, 0.1) is 38.0 Å². The molecule has 3 heterocycles. The van der Waals surface area contributed by atoms with Crippen LogP contribution in [0.2, 0.25) is 0 Å². The maximum Gasteiger partial charge on any atom is 0.416 e. The number of alkyl halides is 3. The number of benzene rings is 1. The van der Waals surface area contributed by atoms with Crippen LogP contribution in [-0.4, -0.2) is 74.0 Å². The van der Waals surface area contributed by atoms with Crippen molar-refractivity contribution in [1.29, 1.82) is 0 Å². The first-order chi connectivity index (χ1) is 15.0. The lowest BCUT2D eigenvalue weighted by atomic mass is 10.0. The molecule has 1 aromatic heterocycles. The van der Waals surface area contributed by atoms with Crippen LogP contribution in [0.3, 0.4) is 0 Å². The first-order valence-electron chi connectivity index (χ1n) is 10.4. The first-order valence-corrected chi connectivity index (χ1v) is 10.4. The number of rotatable bonds is 6. The van der Waals surface area contributed by atoms with Crippen LogP contribution in [0.1, 0.15) is 17.2 Å². The van der Waals surface area contributed by atoms with Crippen LogP contribution in [0.25, 0.3) is 0 Å². The van der Waals surface area contributed by atoms with Gasteiger partial charge in [-0.3, -0.25) is 4.90 Å². The van der Waals surface area contributed by atoms with Crippen molar-refractivity contribution in [3.8, 4) is 0 Å². The second kappa shape index (κ2) is 9.80. The Morgan fingerprint density at radius 1 is 0.935 bits per heavy atom. The van der Waals surface area contributed by atoms with Crippen molar-refractivity contribution in [3.63, 3.8) is 0 Å². The van der Waals surface area contributed by atoms with E-state index in [1.807, 2.05) is 6.07 Å². The molecule has 1 N–H and O–H groups in total. The second-order valence-corrected chi connectivity index (χ2v) is 7.53. The molecule has 2 aromatic rings. The Kier molecular flexibility index (Phi) is 6.89. The van der Waals surface area contributed by atoms with Crippen LogP contribution in [0.15, 0.2) is 36.7 Å². The van der Waals surface area contributed by atoms with Gasteiger partial charge in [-0.2, -0.15) is 13.2 Å². The number of nitrogens with zero attached hydrogens (tertiary/aromatic N) is 4. The third-order valence-electron chi connectivity index (χ3n) is 5.57. The number of halogens is 3. The monoisotopic (exact) mass is 437 g/mol. The van der Waals surface area contributed by atoms with Crippen LogP contribution < -0.4 is 10.2 Å². The molecule has 0 radical (unpaired) electrons. The van der Waals surface area contributed by atoms with Crippen molar-refractivity contribution in [2.45, 2.75) is 12.2 Å². The Morgan fingerprint density at radius 3 is 2.23 bits per heavy atom. The van der Waals surface area contributed by atoms with Crippen molar-refractivity contribution >= 4 is 11.6 Å². The van der Waals surface area contributed by atoms with Crippen molar-refractivity contribution in [2.75, 3.05) is 69.4 Å². The number of hydrogen-bond acceptors (Lipinski definition) is 7. The highest BCUT2D eigenvalue weighted by molar-refractivity contribution is 5.49. The van der Waals surface area contributed by atoms with Gasteiger partial charge >= 0.3 is 6.18 Å². The molecule has 168 valence electrons. The van der Waals surface area contributed by atoms with Gasteiger partial charge in [-0.25, -0.2) is 9.97 Å². The minimum absolute atomic E-state index is 0.104. The molecule has 10 heteroatoms. The third kappa shape index (κ3) is 5.63. The highest BCUT2D eigenvalue weighted by Gasteiger charge is 2.31. The zero-order valence-electron chi connectivity index (χ0n) is 17.1. The zero-order valence-corrected chi connectivity index (χ0v) is 17.1. The smallest absolute Gasteiger partial charge is 0.379 e. The molecule has 2 fully saturated rings. The average molecular weight is 437 g/mol. The maximum atomic E-state index is 13.0. The molecule has 1 aromatic carbocycles. The summed E-state index contributed by atoms with van der Waals surface area (Å²) in [5, 5.41) is 3.35. The van der Waals surface area contributed by atoms with E-state index in [2.05, 4.69) is 25.1 Å². The maximum absolute atomic E-state index is 13.0. The Bertz CT molecular complexity index is 838.